The van der Waals surface area contributed by atoms with E-state index in [0.717, 1.165) is 25.7 Å². The summed E-state index contributed by atoms with van der Waals surface area (Å²) in [5.74, 6) is -0.445. The van der Waals surface area contributed by atoms with E-state index in [4.69, 9.17) is 5.73 Å². The Labute approximate surface area is 121 Å². The van der Waals surface area contributed by atoms with Crippen LogP contribution in [-0.4, -0.2) is 0 Å². The summed E-state index contributed by atoms with van der Waals surface area (Å²) in [5.41, 5.74) is 5.55. The van der Waals surface area contributed by atoms with Crippen LogP contribution in [0.4, 0.5) is 8.78 Å². The second-order valence-corrected chi connectivity index (χ2v) is 6.43. The van der Waals surface area contributed by atoms with Gasteiger partial charge in [-0.05, 0) is 53.2 Å². The van der Waals surface area contributed by atoms with Gasteiger partial charge >= 0.3 is 0 Å². The Balaban J connectivity index is 2.37. The highest BCUT2D eigenvalue weighted by Crippen LogP contribution is 2.40. The molecule has 2 unspecified atom stereocenters. The molecule has 1 fully saturated rings. The molecule has 1 aromatic carbocycles. The highest BCUT2D eigenvalue weighted by atomic mass is 79.9. The van der Waals surface area contributed by atoms with Crippen molar-refractivity contribution in [2.45, 2.75) is 51.0 Å². The molecule has 0 amide bonds. The Kier molecular flexibility index (Phi) is 4.62. The normalized spacial score (nSPS) is 28.2. The Morgan fingerprint density at radius 3 is 2.74 bits per heavy atom. The molecule has 2 N–H and O–H groups in total. The number of rotatable bonds is 2. The molecule has 0 saturated heterocycles. The first-order valence-corrected chi connectivity index (χ1v) is 7.70. The maximum Gasteiger partial charge on any atom is 0.145 e. The fourth-order valence-corrected chi connectivity index (χ4v) is 3.41. The topological polar surface area (TPSA) is 26.0 Å². The molecule has 4 heteroatoms. The van der Waals surface area contributed by atoms with Crippen LogP contribution in [0.5, 0.6) is 0 Å². The van der Waals surface area contributed by atoms with Crippen LogP contribution >= 0.6 is 15.9 Å². The number of hydrogen-bond donors (Lipinski definition) is 1. The molecule has 2 rings (SSSR count). The molecule has 0 aliphatic heterocycles. The van der Waals surface area contributed by atoms with E-state index in [9.17, 15) is 8.78 Å². The minimum absolute atomic E-state index is 0.0543. The van der Waals surface area contributed by atoms with Gasteiger partial charge < -0.3 is 5.73 Å². The monoisotopic (exact) mass is 331 g/mol. The lowest BCUT2D eigenvalue weighted by Crippen LogP contribution is -2.38. The zero-order chi connectivity index (χ0) is 14.0. The van der Waals surface area contributed by atoms with E-state index >= 15 is 0 Å². The van der Waals surface area contributed by atoms with Crippen molar-refractivity contribution in [3.63, 3.8) is 0 Å². The Morgan fingerprint density at radius 2 is 2.05 bits per heavy atom. The van der Waals surface area contributed by atoms with E-state index in [1.807, 2.05) is 0 Å². The molecule has 0 heterocycles. The molecule has 2 atom stereocenters. The molecule has 106 valence electrons. The zero-order valence-corrected chi connectivity index (χ0v) is 12.8. The molecule has 1 aromatic rings. The van der Waals surface area contributed by atoms with Crippen molar-refractivity contribution in [2.24, 2.45) is 11.7 Å². The number of hydrogen-bond acceptors (Lipinski definition) is 1. The summed E-state index contributed by atoms with van der Waals surface area (Å²) >= 11 is 3.12. The van der Waals surface area contributed by atoms with E-state index in [0.29, 0.717) is 18.8 Å². The summed E-state index contributed by atoms with van der Waals surface area (Å²) in [4.78, 5) is 0. The molecular weight excluding hydrogens is 312 g/mol. The first kappa shape index (κ1) is 14.9. The SMILES string of the molecule is CCC1CCCC(N)(c2c(F)ccc(Br)c2F)CC1. The number of benzene rings is 1. The summed E-state index contributed by atoms with van der Waals surface area (Å²) in [7, 11) is 0. The molecule has 0 radical (unpaired) electrons. The highest BCUT2D eigenvalue weighted by molar-refractivity contribution is 9.10. The van der Waals surface area contributed by atoms with E-state index < -0.39 is 17.2 Å². The third-order valence-electron chi connectivity index (χ3n) is 4.35. The number of halogens is 3. The summed E-state index contributed by atoms with van der Waals surface area (Å²) in [6.45, 7) is 2.16. The van der Waals surface area contributed by atoms with Gasteiger partial charge in [0.05, 0.1) is 4.47 Å². The van der Waals surface area contributed by atoms with Gasteiger partial charge in [-0.3, -0.25) is 0 Å². The van der Waals surface area contributed by atoms with Crippen molar-refractivity contribution in [3.05, 3.63) is 33.8 Å². The number of nitrogens with two attached hydrogens (primary N) is 1. The van der Waals surface area contributed by atoms with E-state index in [2.05, 4.69) is 22.9 Å². The van der Waals surface area contributed by atoms with Gasteiger partial charge in [0.1, 0.15) is 11.6 Å². The van der Waals surface area contributed by atoms with Crippen molar-refractivity contribution in [3.8, 4) is 0 Å². The van der Waals surface area contributed by atoms with Gasteiger partial charge in [-0.15, -0.1) is 0 Å². The van der Waals surface area contributed by atoms with Crippen LogP contribution in [0.1, 0.15) is 51.0 Å². The average molecular weight is 332 g/mol. The fraction of sp³-hybridized carbons (Fsp3) is 0.600. The van der Waals surface area contributed by atoms with Crippen molar-refractivity contribution in [2.75, 3.05) is 0 Å². The van der Waals surface area contributed by atoms with Gasteiger partial charge in [0, 0.05) is 11.1 Å². The zero-order valence-electron chi connectivity index (χ0n) is 11.2. The van der Waals surface area contributed by atoms with Crippen LogP contribution in [0.2, 0.25) is 0 Å². The van der Waals surface area contributed by atoms with Crippen molar-refractivity contribution in [1.82, 2.24) is 0 Å². The lowest BCUT2D eigenvalue weighted by molar-refractivity contribution is 0.341. The summed E-state index contributed by atoms with van der Waals surface area (Å²) in [6.07, 6.45) is 5.38. The summed E-state index contributed by atoms with van der Waals surface area (Å²) < 4.78 is 28.6. The average Bonchev–Trinajstić information content (AvgIpc) is 2.57. The Hall–Kier alpha value is -0.480. The van der Waals surface area contributed by atoms with E-state index in [1.54, 1.807) is 0 Å². The maximum atomic E-state index is 14.2. The van der Waals surface area contributed by atoms with Crippen molar-refractivity contribution >= 4 is 15.9 Å². The fourth-order valence-electron chi connectivity index (χ4n) is 3.08. The van der Waals surface area contributed by atoms with Gasteiger partial charge in [0.2, 0.25) is 0 Å². The van der Waals surface area contributed by atoms with Gasteiger partial charge in [0.25, 0.3) is 0 Å². The molecular formula is C15H20BrF2N. The van der Waals surface area contributed by atoms with Gasteiger partial charge in [-0.25, -0.2) is 8.78 Å². The van der Waals surface area contributed by atoms with Gasteiger partial charge in [-0.2, -0.15) is 0 Å². The van der Waals surface area contributed by atoms with Crippen molar-refractivity contribution < 1.29 is 8.78 Å². The predicted octanol–water partition coefficient (Wildman–Crippen LogP) is 4.87. The molecule has 0 aromatic heterocycles. The molecule has 0 bridgehead atoms. The third kappa shape index (κ3) is 3.00. The van der Waals surface area contributed by atoms with Crippen molar-refractivity contribution in [1.29, 1.82) is 0 Å². The van der Waals surface area contributed by atoms with Gasteiger partial charge in [0.15, 0.2) is 0 Å². The molecule has 1 saturated carbocycles. The standard InChI is InChI=1S/C15H20BrF2N/c1-2-10-4-3-8-15(19,9-7-10)13-12(17)6-5-11(16)14(13)18/h5-6,10H,2-4,7-9,19H2,1H3. The molecule has 19 heavy (non-hydrogen) atoms. The van der Waals surface area contributed by atoms with Crippen LogP contribution in [0.15, 0.2) is 16.6 Å². The van der Waals surface area contributed by atoms with Crippen LogP contribution in [0, 0.1) is 17.6 Å². The molecule has 1 aliphatic carbocycles. The molecule has 0 spiro atoms. The van der Waals surface area contributed by atoms with Gasteiger partial charge in [-0.1, -0.05) is 26.2 Å². The second kappa shape index (κ2) is 5.88. The minimum Gasteiger partial charge on any atom is -0.321 e. The molecule has 1 nitrogen and oxygen atoms in total. The minimum atomic E-state index is -0.873. The predicted molar refractivity (Wildman–Crippen MR) is 76.8 cm³/mol. The maximum absolute atomic E-state index is 14.2. The quantitative estimate of drug-likeness (QED) is 0.607. The first-order valence-electron chi connectivity index (χ1n) is 6.91. The lowest BCUT2D eigenvalue weighted by Gasteiger charge is -2.30. The summed E-state index contributed by atoms with van der Waals surface area (Å²) in [5, 5.41) is 0. The van der Waals surface area contributed by atoms with Crippen LogP contribution < -0.4 is 5.73 Å². The van der Waals surface area contributed by atoms with Crippen LogP contribution in [-0.2, 0) is 5.54 Å². The second-order valence-electron chi connectivity index (χ2n) is 5.58. The Morgan fingerprint density at radius 1 is 1.32 bits per heavy atom. The first-order chi connectivity index (χ1) is 8.98. The molecule has 1 aliphatic rings. The lowest BCUT2D eigenvalue weighted by atomic mass is 9.83. The third-order valence-corrected chi connectivity index (χ3v) is 4.97. The van der Waals surface area contributed by atoms with Crippen LogP contribution in [0.3, 0.4) is 0 Å². The largest absolute Gasteiger partial charge is 0.321 e. The highest BCUT2D eigenvalue weighted by Gasteiger charge is 2.35. The Bertz CT molecular complexity index is 464. The smallest absolute Gasteiger partial charge is 0.145 e. The summed E-state index contributed by atoms with van der Waals surface area (Å²) in [6, 6.07) is 2.68. The van der Waals surface area contributed by atoms with Crippen LogP contribution in [0.25, 0.3) is 0 Å². The van der Waals surface area contributed by atoms with E-state index in [-0.39, 0.29) is 10.0 Å². The van der Waals surface area contributed by atoms with E-state index in [1.165, 1.54) is 12.1 Å².